The van der Waals surface area contributed by atoms with Crippen LogP contribution in [0.25, 0.3) is 10.9 Å². The summed E-state index contributed by atoms with van der Waals surface area (Å²) in [6.45, 7) is 4.27. The van der Waals surface area contributed by atoms with Gasteiger partial charge in [0, 0.05) is 23.6 Å². The number of nitrogens with zero attached hydrogens (tertiary/aromatic N) is 1. The second-order valence-corrected chi connectivity index (χ2v) is 8.92. The van der Waals surface area contributed by atoms with Crippen LogP contribution in [-0.4, -0.2) is 38.7 Å². The van der Waals surface area contributed by atoms with Gasteiger partial charge in [-0.15, -0.1) is 0 Å². The number of H-pyrrole nitrogens is 1. The molecule has 0 bridgehead atoms. The molecule has 1 aromatic heterocycles. The van der Waals surface area contributed by atoms with Gasteiger partial charge in [0.2, 0.25) is 15.9 Å². The zero-order valence-electron chi connectivity index (χ0n) is 16.3. The van der Waals surface area contributed by atoms with Gasteiger partial charge in [0.05, 0.1) is 24.9 Å². The van der Waals surface area contributed by atoms with Crippen LogP contribution in [0.2, 0.25) is 0 Å². The van der Waals surface area contributed by atoms with Crippen LogP contribution in [0.15, 0.2) is 48.7 Å². The number of carbonyl (C=O) groups excluding carboxylic acids is 1. The number of anilines is 1. The van der Waals surface area contributed by atoms with Crippen molar-refractivity contribution >= 4 is 32.5 Å². The van der Waals surface area contributed by atoms with Crippen LogP contribution in [0.5, 0.6) is 0 Å². The fraction of sp³-hybridized carbons (Fsp3) is 0.286. The summed E-state index contributed by atoms with van der Waals surface area (Å²) in [4.78, 5) is 15.5. The molecule has 3 aromatic rings. The molecular formula is C21H25N3O3S. The molecule has 0 saturated heterocycles. The molecule has 0 aliphatic carbocycles. The molecule has 6 nitrogen and oxygen atoms in total. The minimum Gasteiger partial charge on any atom is -0.361 e. The summed E-state index contributed by atoms with van der Waals surface area (Å²) in [5.41, 5.74) is 4.50. The smallest absolute Gasteiger partial charge is 0.232 e. The van der Waals surface area contributed by atoms with Crippen molar-refractivity contribution in [2.75, 3.05) is 23.7 Å². The number of benzene rings is 2. The third-order valence-electron chi connectivity index (χ3n) is 4.68. The molecule has 28 heavy (non-hydrogen) atoms. The molecule has 0 aliphatic rings. The standard InChI is InChI=1S/C21H25N3O3S/c1-15-8-9-20(16(2)12-15)24(28(3,26)27)11-10-22-21(25)13-17-14-23-19-7-5-4-6-18(17)19/h4-9,12,14,23H,10-11,13H2,1-3H3,(H,22,25). The Hall–Kier alpha value is -2.80. The van der Waals surface area contributed by atoms with Gasteiger partial charge in [-0.1, -0.05) is 35.9 Å². The van der Waals surface area contributed by atoms with E-state index in [0.717, 1.165) is 27.6 Å². The zero-order chi connectivity index (χ0) is 20.3. The second-order valence-electron chi connectivity index (χ2n) is 7.01. The van der Waals surface area contributed by atoms with E-state index in [2.05, 4.69) is 10.3 Å². The van der Waals surface area contributed by atoms with Gasteiger partial charge in [-0.05, 0) is 37.1 Å². The van der Waals surface area contributed by atoms with Crippen LogP contribution in [-0.2, 0) is 21.2 Å². The van der Waals surface area contributed by atoms with Crippen molar-refractivity contribution in [1.82, 2.24) is 10.3 Å². The number of nitrogens with one attached hydrogen (secondary N) is 2. The SMILES string of the molecule is Cc1ccc(N(CCNC(=O)Cc2c[nH]c3ccccc23)S(C)(=O)=O)c(C)c1. The maximum absolute atomic E-state index is 12.3. The summed E-state index contributed by atoms with van der Waals surface area (Å²) in [6.07, 6.45) is 3.26. The number of rotatable bonds is 7. The maximum Gasteiger partial charge on any atom is 0.232 e. The minimum absolute atomic E-state index is 0.140. The first kappa shape index (κ1) is 19.9. The van der Waals surface area contributed by atoms with Crippen LogP contribution < -0.4 is 9.62 Å². The monoisotopic (exact) mass is 399 g/mol. The van der Waals surface area contributed by atoms with Crippen LogP contribution in [0.3, 0.4) is 0 Å². The number of aromatic amines is 1. The van der Waals surface area contributed by atoms with Crippen molar-refractivity contribution in [3.63, 3.8) is 0 Å². The number of amides is 1. The Morgan fingerprint density at radius 1 is 1.14 bits per heavy atom. The Bertz CT molecular complexity index is 1100. The van der Waals surface area contributed by atoms with Crippen molar-refractivity contribution in [2.24, 2.45) is 0 Å². The van der Waals surface area contributed by atoms with Gasteiger partial charge in [0.25, 0.3) is 0 Å². The van der Waals surface area contributed by atoms with Crippen molar-refractivity contribution in [2.45, 2.75) is 20.3 Å². The molecule has 2 N–H and O–H groups in total. The lowest BCUT2D eigenvalue weighted by atomic mass is 10.1. The molecule has 3 rings (SSSR count). The molecule has 0 spiro atoms. The van der Waals surface area contributed by atoms with Gasteiger partial charge >= 0.3 is 0 Å². The molecule has 0 unspecified atom stereocenters. The summed E-state index contributed by atoms with van der Waals surface area (Å²) in [6, 6.07) is 13.4. The van der Waals surface area contributed by atoms with Crippen LogP contribution in [0.4, 0.5) is 5.69 Å². The fourth-order valence-corrected chi connectivity index (χ4v) is 4.35. The summed E-state index contributed by atoms with van der Waals surface area (Å²) >= 11 is 0. The second kappa shape index (κ2) is 8.06. The first-order valence-corrected chi connectivity index (χ1v) is 11.0. The van der Waals surface area contributed by atoms with Gasteiger partial charge < -0.3 is 10.3 Å². The Kier molecular flexibility index (Phi) is 5.74. The Labute approximate surface area is 165 Å². The molecule has 0 radical (unpaired) electrons. The predicted octanol–water partition coefficient (Wildman–Crippen LogP) is 2.91. The average molecular weight is 400 g/mol. The summed E-state index contributed by atoms with van der Waals surface area (Å²) in [5.74, 6) is -0.140. The summed E-state index contributed by atoms with van der Waals surface area (Å²) in [5, 5.41) is 3.85. The number of sulfonamides is 1. The molecule has 7 heteroatoms. The third-order valence-corrected chi connectivity index (χ3v) is 5.86. The number of hydrogen-bond acceptors (Lipinski definition) is 3. The first-order valence-electron chi connectivity index (χ1n) is 9.12. The lowest BCUT2D eigenvalue weighted by molar-refractivity contribution is -0.120. The summed E-state index contributed by atoms with van der Waals surface area (Å²) < 4.78 is 25.9. The van der Waals surface area contributed by atoms with Crippen molar-refractivity contribution in [3.8, 4) is 0 Å². The van der Waals surface area contributed by atoms with Crippen LogP contribution >= 0.6 is 0 Å². The Morgan fingerprint density at radius 2 is 1.89 bits per heavy atom. The molecule has 148 valence electrons. The van der Waals surface area contributed by atoms with E-state index in [4.69, 9.17) is 0 Å². The van der Waals surface area contributed by atoms with Gasteiger partial charge in [-0.2, -0.15) is 0 Å². The maximum atomic E-state index is 12.3. The average Bonchev–Trinajstić information content (AvgIpc) is 3.02. The quantitative estimate of drug-likeness (QED) is 0.641. The lowest BCUT2D eigenvalue weighted by Crippen LogP contribution is -2.38. The highest BCUT2D eigenvalue weighted by Gasteiger charge is 2.19. The zero-order valence-corrected chi connectivity index (χ0v) is 17.1. The number of hydrogen-bond donors (Lipinski definition) is 2. The van der Waals surface area contributed by atoms with E-state index < -0.39 is 10.0 Å². The van der Waals surface area contributed by atoms with E-state index in [-0.39, 0.29) is 25.4 Å². The highest BCUT2D eigenvalue weighted by molar-refractivity contribution is 7.92. The largest absolute Gasteiger partial charge is 0.361 e. The Morgan fingerprint density at radius 3 is 2.61 bits per heavy atom. The number of aryl methyl sites for hydroxylation is 2. The Balaban J connectivity index is 1.65. The minimum atomic E-state index is -3.45. The van der Waals surface area contributed by atoms with E-state index in [0.29, 0.717) is 5.69 Å². The fourth-order valence-electron chi connectivity index (χ4n) is 3.36. The van der Waals surface area contributed by atoms with E-state index in [1.807, 2.05) is 56.4 Å². The molecular weight excluding hydrogens is 374 g/mol. The molecule has 1 heterocycles. The van der Waals surface area contributed by atoms with E-state index in [1.54, 1.807) is 6.07 Å². The van der Waals surface area contributed by atoms with Gasteiger partial charge in [0.1, 0.15) is 0 Å². The highest BCUT2D eigenvalue weighted by Crippen LogP contribution is 2.23. The van der Waals surface area contributed by atoms with E-state index in [1.165, 1.54) is 10.6 Å². The highest BCUT2D eigenvalue weighted by atomic mass is 32.2. The lowest BCUT2D eigenvalue weighted by Gasteiger charge is -2.24. The van der Waals surface area contributed by atoms with Crippen molar-refractivity contribution in [1.29, 1.82) is 0 Å². The van der Waals surface area contributed by atoms with E-state index >= 15 is 0 Å². The van der Waals surface area contributed by atoms with Crippen LogP contribution in [0.1, 0.15) is 16.7 Å². The normalized spacial score (nSPS) is 11.5. The first-order chi connectivity index (χ1) is 13.3. The van der Waals surface area contributed by atoms with Gasteiger partial charge in [0.15, 0.2) is 0 Å². The predicted molar refractivity (Wildman–Crippen MR) is 113 cm³/mol. The molecule has 0 aliphatic heterocycles. The topological polar surface area (TPSA) is 82.3 Å². The van der Waals surface area contributed by atoms with Crippen molar-refractivity contribution < 1.29 is 13.2 Å². The van der Waals surface area contributed by atoms with Crippen LogP contribution in [0, 0.1) is 13.8 Å². The number of para-hydroxylation sites is 1. The third kappa shape index (κ3) is 4.54. The van der Waals surface area contributed by atoms with Crippen molar-refractivity contribution in [3.05, 3.63) is 65.4 Å². The van der Waals surface area contributed by atoms with Gasteiger partial charge in [-0.3, -0.25) is 9.10 Å². The van der Waals surface area contributed by atoms with Gasteiger partial charge in [-0.25, -0.2) is 8.42 Å². The number of carbonyl (C=O) groups is 1. The number of aromatic nitrogens is 1. The van der Waals surface area contributed by atoms with E-state index in [9.17, 15) is 13.2 Å². The molecule has 0 saturated carbocycles. The molecule has 0 atom stereocenters. The molecule has 0 fully saturated rings. The summed E-state index contributed by atoms with van der Waals surface area (Å²) in [7, 11) is -3.45. The molecule has 1 amide bonds. The number of fused-ring (bicyclic) bond motifs is 1. The molecule has 2 aromatic carbocycles.